The number of carbonyl (C=O) groups excluding carboxylic acids is 2. The first-order valence-corrected chi connectivity index (χ1v) is 9.61. The number of ketones is 1. The first-order valence-electron chi connectivity index (χ1n) is 8.85. The maximum atomic E-state index is 14.1. The van der Waals surface area contributed by atoms with Gasteiger partial charge in [-0.3, -0.25) is 4.79 Å². The normalized spacial score (nSPS) is 13.9. The molecule has 0 aliphatic carbocycles. The second kappa shape index (κ2) is 7.94. The molecule has 30 heavy (non-hydrogen) atoms. The van der Waals surface area contributed by atoms with Gasteiger partial charge in [-0.25, -0.2) is 9.18 Å². The molecule has 0 spiro atoms. The van der Waals surface area contributed by atoms with Crippen LogP contribution in [-0.4, -0.2) is 11.8 Å². The number of hydrogen-bond acceptors (Lipinski definition) is 4. The number of rotatable bonds is 3. The molecular weight excluding hydrogens is 430 g/mol. The van der Waals surface area contributed by atoms with E-state index in [0.29, 0.717) is 5.56 Å². The Balaban J connectivity index is 1.66. The fourth-order valence-corrected chi connectivity index (χ4v) is 3.47. The van der Waals surface area contributed by atoms with Crippen LogP contribution in [0.5, 0.6) is 11.5 Å². The number of fused-ring (bicyclic) bond motifs is 1. The van der Waals surface area contributed by atoms with Crippen molar-refractivity contribution in [3.05, 3.63) is 98.5 Å². The summed E-state index contributed by atoms with van der Waals surface area (Å²) in [5.41, 5.74) is 0.997. The number of hydrogen-bond donors (Lipinski definition) is 0. The van der Waals surface area contributed by atoms with Crippen LogP contribution >= 0.6 is 23.2 Å². The van der Waals surface area contributed by atoms with Crippen LogP contribution < -0.4 is 9.47 Å². The molecule has 1 aliphatic heterocycles. The third-order valence-electron chi connectivity index (χ3n) is 4.61. The fourth-order valence-electron chi connectivity index (χ4n) is 3.04. The van der Waals surface area contributed by atoms with E-state index in [1.165, 1.54) is 36.4 Å². The van der Waals surface area contributed by atoms with Crippen LogP contribution in [0.25, 0.3) is 6.08 Å². The molecule has 3 aromatic carbocycles. The quantitative estimate of drug-likeness (QED) is 0.272. The summed E-state index contributed by atoms with van der Waals surface area (Å²) in [4.78, 5) is 25.1. The van der Waals surface area contributed by atoms with E-state index in [1.54, 1.807) is 31.2 Å². The molecule has 0 saturated heterocycles. The van der Waals surface area contributed by atoms with Crippen LogP contribution in [0.4, 0.5) is 4.39 Å². The van der Waals surface area contributed by atoms with Crippen molar-refractivity contribution in [3.8, 4) is 11.5 Å². The molecule has 150 valence electrons. The van der Waals surface area contributed by atoms with Crippen molar-refractivity contribution in [2.45, 2.75) is 6.92 Å². The van der Waals surface area contributed by atoms with Crippen molar-refractivity contribution >= 4 is 41.0 Å². The summed E-state index contributed by atoms with van der Waals surface area (Å²) in [5, 5.41) is 0.417. The maximum Gasteiger partial charge on any atom is 0.345 e. The minimum atomic E-state index is -0.637. The van der Waals surface area contributed by atoms with Gasteiger partial charge in [-0.2, -0.15) is 0 Å². The molecule has 0 radical (unpaired) electrons. The van der Waals surface area contributed by atoms with Crippen molar-refractivity contribution in [3.63, 3.8) is 0 Å². The van der Waals surface area contributed by atoms with Crippen LogP contribution in [-0.2, 0) is 0 Å². The highest BCUT2D eigenvalue weighted by Crippen LogP contribution is 2.40. The number of ether oxygens (including phenoxy) is 2. The number of allylic oxidation sites excluding steroid dienone is 1. The highest BCUT2D eigenvalue weighted by Gasteiger charge is 2.31. The summed E-state index contributed by atoms with van der Waals surface area (Å²) >= 11 is 12.1. The average Bonchev–Trinajstić information content (AvgIpc) is 3.03. The summed E-state index contributed by atoms with van der Waals surface area (Å²) in [5.74, 6) is -1.25. The number of esters is 1. The van der Waals surface area contributed by atoms with E-state index in [1.807, 2.05) is 0 Å². The van der Waals surface area contributed by atoms with Gasteiger partial charge in [0, 0.05) is 11.1 Å². The lowest BCUT2D eigenvalue weighted by Gasteiger charge is -2.10. The molecule has 1 heterocycles. The lowest BCUT2D eigenvalue weighted by molar-refractivity contribution is 0.0733. The van der Waals surface area contributed by atoms with Crippen molar-refractivity contribution in [2.24, 2.45) is 0 Å². The molecule has 0 saturated carbocycles. The van der Waals surface area contributed by atoms with Gasteiger partial charge in [-0.05, 0) is 49.4 Å². The predicted molar refractivity (Wildman–Crippen MR) is 112 cm³/mol. The minimum Gasteiger partial charge on any atom is -0.452 e. The Morgan fingerprint density at radius 2 is 1.77 bits per heavy atom. The minimum absolute atomic E-state index is 0.0540. The molecule has 1 aliphatic rings. The second-order valence-corrected chi connectivity index (χ2v) is 7.32. The molecule has 0 N–H and O–H groups in total. The predicted octanol–water partition coefficient (Wildman–Crippen LogP) is 6.28. The van der Waals surface area contributed by atoms with Crippen LogP contribution in [0.2, 0.25) is 10.0 Å². The van der Waals surface area contributed by atoms with Gasteiger partial charge in [0.1, 0.15) is 17.3 Å². The molecule has 0 bridgehead atoms. The van der Waals surface area contributed by atoms with Gasteiger partial charge in [-0.15, -0.1) is 0 Å². The first kappa shape index (κ1) is 20.1. The van der Waals surface area contributed by atoms with Crippen molar-refractivity contribution in [2.75, 3.05) is 0 Å². The van der Waals surface area contributed by atoms with E-state index in [9.17, 15) is 14.0 Å². The summed E-state index contributed by atoms with van der Waals surface area (Å²) < 4.78 is 25.2. The van der Waals surface area contributed by atoms with Crippen molar-refractivity contribution in [1.29, 1.82) is 0 Å². The monoisotopic (exact) mass is 442 g/mol. The zero-order valence-corrected chi connectivity index (χ0v) is 17.1. The lowest BCUT2D eigenvalue weighted by Crippen LogP contribution is -2.10. The summed E-state index contributed by atoms with van der Waals surface area (Å²) in [6, 6.07) is 13.7. The van der Waals surface area contributed by atoms with E-state index in [-0.39, 0.29) is 44.0 Å². The zero-order chi connectivity index (χ0) is 21.4. The maximum absolute atomic E-state index is 14.1. The van der Waals surface area contributed by atoms with E-state index < -0.39 is 17.6 Å². The SMILES string of the molecule is Cc1c(OC(=O)c2ccccc2Cl)ccc2c1O/C(=C\c1c(F)cccc1Cl)C2=O. The van der Waals surface area contributed by atoms with Gasteiger partial charge in [0.25, 0.3) is 0 Å². The summed E-state index contributed by atoms with van der Waals surface area (Å²) in [6.07, 6.45) is 1.26. The second-order valence-electron chi connectivity index (χ2n) is 6.51. The van der Waals surface area contributed by atoms with Crippen LogP contribution in [0.1, 0.15) is 31.8 Å². The average molecular weight is 443 g/mol. The van der Waals surface area contributed by atoms with Crippen molar-refractivity contribution < 1.29 is 23.5 Å². The van der Waals surface area contributed by atoms with Gasteiger partial charge in [-0.1, -0.05) is 41.4 Å². The first-order chi connectivity index (χ1) is 14.4. The number of Topliss-reactive ketones (excluding diaryl/α,β-unsaturated/α-hetero) is 1. The standard InChI is InChI=1S/C23H13Cl2FO4/c1-12-19(30-23(28)13-5-2-3-6-16(13)24)10-9-14-21(27)20(29-22(12)14)11-15-17(25)7-4-8-18(15)26/h2-11H,1H3/b20-11-. The number of benzene rings is 3. The fraction of sp³-hybridized carbons (Fsp3) is 0.0435. The van der Waals surface area contributed by atoms with Gasteiger partial charge in [0.2, 0.25) is 5.78 Å². The molecule has 0 amide bonds. The Bertz CT molecular complexity index is 1210. The van der Waals surface area contributed by atoms with E-state index in [2.05, 4.69) is 0 Å². The Morgan fingerprint density at radius 1 is 1.03 bits per heavy atom. The summed E-state index contributed by atoms with van der Waals surface area (Å²) in [7, 11) is 0. The number of halogens is 3. The zero-order valence-electron chi connectivity index (χ0n) is 15.5. The molecule has 0 unspecified atom stereocenters. The Labute approximate surface area is 181 Å². The Kier molecular flexibility index (Phi) is 5.33. The summed E-state index contributed by atoms with van der Waals surface area (Å²) in [6.45, 7) is 1.65. The Morgan fingerprint density at radius 3 is 2.50 bits per heavy atom. The van der Waals surface area contributed by atoms with E-state index in [4.69, 9.17) is 32.7 Å². The van der Waals surface area contributed by atoms with Gasteiger partial charge in [0.05, 0.1) is 21.2 Å². The molecule has 0 atom stereocenters. The van der Waals surface area contributed by atoms with Crippen LogP contribution in [0.15, 0.2) is 60.4 Å². The molecule has 4 rings (SSSR count). The molecule has 0 fully saturated rings. The molecular formula is C23H13Cl2FO4. The topological polar surface area (TPSA) is 52.6 Å². The molecule has 0 aromatic heterocycles. The van der Waals surface area contributed by atoms with Gasteiger partial charge >= 0.3 is 5.97 Å². The van der Waals surface area contributed by atoms with E-state index in [0.717, 1.165) is 0 Å². The van der Waals surface area contributed by atoms with Gasteiger partial charge < -0.3 is 9.47 Å². The third kappa shape index (κ3) is 3.58. The van der Waals surface area contributed by atoms with Crippen molar-refractivity contribution in [1.82, 2.24) is 0 Å². The van der Waals surface area contributed by atoms with Gasteiger partial charge in [0.15, 0.2) is 5.76 Å². The van der Waals surface area contributed by atoms with Crippen LogP contribution in [0.3, 0.4) is 0 Å². The molecule has 7 heteroatoms. The number of carbonyl (C=O) groups is 2. The van der Waals surface area contributed by atoms with E-state index >= 15 is 0 Å². The highest BCUT2D eigenvalue weighted by molar-refractivity contribution is 6.33. The third-order valence-corrected chi connectivity index (χ3v) is 5.27. The lowest BCUT2D eigenvalue weighted by atomic mass is 10.1. The largest absolute Gasteiger partial charge is 0.452 e. The highest BCUT2D eigenvalue weighted by atomic mass is 35.5. The molecule has 3 aromatic rings. The smallest absolute Gasteiger partial charge is 0.345 e. The Hall–Kier alpha value is -3.15. The van der Waals surface area contributed by atoms with Crippen LogP contribution in [0, 0.1) is 12.7 Å². The molecule has 4 nitrogen and oxygen atoms in total.